The lowest BCUT2D eigenvalue weighted by atomic mass is 9.95. The molecule has 0 unspecified atom stereocenters. The van der Waals surface area contributed by atoms with E-state index in [1.165, 1.54) is 29.8 Å². The standard InChI is InChI=1S/C23H30N2O3S/c1-17-8-7-9-18(2)22(17)25(29(3,27)28)16-19-12-14-20(15-13-19)23(26)24-21-10-5-4-6-11-21/h7-9,12-15,21H,4-6,10-11,16H2,1-3H3,(H,24,26). The van der Waals surface area contributed by atoms with Crippen molar-refractivity contribution in [1.82, 2.24) is 5.32 Å². The molecule has 1 aliphatic rings. The highest BCUT2D eigenvalue weighted by Crippen LogP contribution is 2.28. The summed E-state index contributed by atoms with van der Waals surface area (Å²) >= 11 is 0. The molecule has 0 bridgehead atoms. The Balaban J connectivity index is 1.77. The first-order valence-electron chi connectivity index (χ1n) is 10.2. The molecule has 1 aliphatic carbocycles. The van der Waals surface area contributed by atoms with Crippen molar-refractivity contribution in [3.63, 3.8) is 0 Å². The largest absolute Gasteiger partial charge is 0.349 e. The van der Waals surface area contributed by atoms with E-state index in [-0.39, 0.29) is 18.5 Å². The second kappa shape index (κ2) is 8.99. The van der Waals surface area contributed by atoms with Gasteiger partial charge in [-0.25, -0.2) is 8.42 Å². The van der Waals surface area contributed by atoms with Gasteiger partial charge in [0.05, 0.1) is 18.5 Å². The molecular formula is C23H30N2O3S. The van der Waals surface area contributed by atoms with Crippen molar-refractivity contribution in [2.24, 2.45) is 0 Å². The second-order valence-electron chi connectivity index (χ2n) is 8.02. The van der Waals surface area contributed by atoms with Crippen molar-refractivity contribution < 1.29 is 13.2 Å². The van der Waals surface area contributed by atoms with Crippen LogP contribution >= 0.6 is 0 Å². The van der Waals surface area contributed by atoms with E-state index in [9.17, 15) is 13.2 Å². The van der Waals surface area contributed by atoms with E-state index >= 15 is 0 Å². The highest BCUT2D eigenvalue weighted by molar-refractivity contribution is 7.92. The number of hydrogen-bond donors (Lipinski definition) is 1. The summed E-state index contributed by atoms with van der Waals surface area (Å²) < 4.78 is 26.4. The number of hydrogen-bond acceptors (Lipinski definition) is 3. The lowest BCUT2D eigenvalue weighted by Gasteiger charge is -2.26. The van der Waals surface area contributed by atoms with Crippen LogP contribution in [0, 0.1) is 13.8 Å². The lowest BCUT2D eigenvalue weighted by molar-refractivity contribution is 0.0927. The molecule has 0 aromatic heterocycles. The molecule has 1 amide bonds. The van der Waals surface area contributed by atoms with E-state index in [0.29, 0.717) is 11.3 Å². The number of sulfonamides is 1. The monoisotopic (exact) mass is 414 g/mol. The fourth-order valence-corrected chi connectivity index (χ4v) is 5.01. The molecule has 0 heterocycles. The summed E-state index contributed by atoms with van der Waals surface area (Å²) in [5, 5.41) is 3.12. The van der Waals surface area contributed by atoms with Gasteiger partial charge in [-0.15, -0.1) is 0 Å². The summed E-state index contributed by atoms with van der Waals surface area (Å²) in [5.41, 5.74) is 4.00. The number of carbonyl (C=O) groups excluding carboxylic acids is 1. The van der Waals surface area contributed by atoms with Crippen LogP contribution in [0.4, 0.5) is 5.69 Å². The highest BCUT2D eigenvalue weighted by atomic mass is 32.2. The van der Waals surface area contributed by atoms with E-state index in [1.54, 1.807) is 12.1 Å². The predicted molar refractivity (Wildman–Crippen MR) is 118 cm³/mol. The van der Waals surface area contributed by atoms with E-state index < -0.39 is 10.0 Å². The van der Waals surface area contributed by atoms with Crippen LogP contribution in [0.5, 0.6) is 0 Å². The summed E-state index contributed by atoms with van der Waals surface area (Å²) in [6.07, 6.45) is 6.90. The maximum Gasteiger partial charge on any atom is 0.251 e. The van der Waals surface area contributed by atoms with Crippen LogP contribution in [-0.2, 0) is 16.6 Å². The lowest BCUT2D eigenvalue weighted by Crippen LogP contribution is -2.36. The summed E-state index contributed by atoms with van der Waals surface area (Å²) in [6.45, 7) is 4.06. The number of benzene rings is 2. The Bertz CT molecular complexity index is 942. The molecule has 6 heteroatoms. The fraction of sp³-hybridized carbons (Fsp3) is 0.435. The van der Waals surface area contributed by atoms with Crippen LogP contribution < -0.4 is 9.62 Å². The molecule has 1 fully saturated rings. The van der Waals surface area contributed by atoms with Gasteiger partial charge in [-0.3, -0.25) is 9.10 Å². The van der Waals surface area contributed by atoms with Gasteiger partial charge >= 0.3 is 0 Å². The predicted octanol–water partition coefficient (Wildman–Crippen LogP) is 4.33. The van der Waals surface area contributed by atoms with Gasteiger partial charge in [-0.1, -0.05) is 49.6 Å². The molecule has 2 aromatic rings. The molecule has 3 rings (SSSR count). The molecule has 0 atom stereocenters. The Morgan fingerprint density at radius 2 is 1.59 bits per heavy atom. The highest BCUT2D eigenvalue weighted by Gasteiger charge is 2.22. The smallest absolute Gasteiger partial charge is 0.251 e. The topological polar surface area (TPSA) is 66.5 Å². The number of anilines is 1. The minimum Gasteiger partial charge on any atom is -0.349 e. The second-order valence-corrected chi connectivity index (χ2v) is 9.92. The van der Waals surface area contributed by atoms with Gasteiger partial charge in [0.1, 0.15) is 0 Å². The van der Waals surface area contributed by atoms with Gasteiger partial charge in [0, 0.05) is 11.6 Å². The molecule has 5 nitrogen and oxygen atoms in total. The summed E-state index contributed by atoms with van der Waals surface area (Å²) in [4.78, 5) is 12.5. The van der Waals surface area contributed by atoms with Crippen molar-refractivity contribution >= 4 is 21.6 Å². The van der Waals surface area contributed by atoms with E-state index in [4.69, 9.17) is 0 Å². The molecule has 1 N–H and O–H groups in total. The van der Waals surface area contributed by atoms with Crippen molar-refractivity contribution in [2.75, 3.05) is 10.6 Å². The van der Waals surface area contributed by atoms with Crippen LogP contribution in [-0.4, -0.2) is 26.6 Å². The number of para-hydroxylation sites is 1. The third-order valence-corrected chi connectivity index (χ3v) is 6.68. The molecule has 1 saturated carbocycles. The third-order valence-electron chi connectivity index (χ3n) is 5.57. The average molecular weight is 415 g/mol. The Morgan fingerprint density at radius 3 is 2.14 bits per heavy atom. The van der Waals surface area contributed by atoms with E-state index in [0.717, 1.165) is 29.5 Å². The summed E-state index contributed by atoms with van der Waals surface area (Å²) in [7, 11) is -3.45. The van der Waals surface area contributed by atoms with Crippen molar-refractivity contribution in [3.8, 4) is 0 Å². The molecule has 0 saturated heterocycles. The van der Waals surface area contributed by atoms with Crippen LogP contribution in [0.1, 0.15) is 59.2 Å². The number of amides is 1. The first-order chi connectivity index (χ1) is 13.8. The first-order valence-corrected chi connectivity index (χ1v) is 12.0. The zero-order valence-corrected chi connectivity index (χ0v) is 18.3. The Kier molecular flexibility index (Phi) is 6.63. The quantitative estimate of drug-likeness (QED) is 0.765. The van der Waals surface area contributed by atoms with Crippen molar-refractivity contribution in [3.05, 3.63) is 64.7 Å². The maximum atomic E-state index is 12.5. The summed E-state index contributed by atoms with van der Waals surface area (Å²) in [6, 6.07) is 13.2. The van der Waals surface area contributed by atoms with Crippen LogP contribution in [0.2, 0.25) is 0 Å². The number of nitrogens with zero attached hydrogens (tertiary/aromatic N) is 1. The zero-order chi connectivity index (χ0) is 21.0. The first kappa shape index (κ1) is 21.4. The fourth-order valence-electron chi connectivity index (χ4n) is 4.00. The SMILES string of the molecule is Cc1cccc(C)c1N(Cc1ccc(C(=O)NC2CCCCC2)cc1)S(C)(=O)=O. The van der Waals surface area contributed by atoms with E-state index in [1.807, 2.05) is 44.2 Å². The molecule has 0 aliphatic heterocycles. The molecular weight excluding hydrogens is 384 g/mol. The van der Waals surface area contributed by atoms with Crippen molar-refractivity contribution in [1.29, 1.82) is 0 Å². The minimum atomic E-state index is -3.45. The Morgan fingerprint density at radius 1 is 1.00 bits per heavy atom. The Hall–Kier alpha value is -2.34. The van der Waals surface area contributed by atoms with Gasteiger partial charge in [-0.2, -0.15) is 0 Å². The van der Waals surface area contributed by atoms with Gasteiger partial charge in [-0.05, 0) is 55.5 Å². The maximum absolute atomic E-state index is 12.5. The number of rotatable bonds is 6. The molecule has 0 spiro atoms. The van der Waals surface area contributed by atoms with Gasteiger partial charge in [0.15, 0.2) is 0 Å². The molecule has 29 heavy (non-hydrogen) atoms. The number of carbonyl (C=O) groups is 1. The summed E-state index contributed by atoms with van der Waals surface area (Å²) in [5.74, 6) is -0.0573. The molecule has 156 valence electrons. The zero-order valence-electron chi connectivity index (χ0n) is 17.4. The minimum absolute atomic E-state index is 0.0573. The Labute approximate surface area is 174 Å². The van der Waals surface area contributed by atoms with Crippen LogP contribution in [0.25, 0.3) is 0 Å². The van der Waals surface area contributed by atoms with Gasteiger partial charge in [0.25, 0.3) is 5.91 Å². The van der Waals surface area contributed by atoms with Crippen LogP contribution in [0.3, 0.4) is 0 Å². The van der Waals surface area contributed by atoms with Crippen molar-refractivity contribution in [2.45, 2.75) is 58.5 Å². The molecule has 0 radical (unpaired) electrons. The normalized spacial score (nSPS) is 15.1. The van der Waals surface area contributed by atoms with Gasteiger partial charge < -0.3 is 5.32 Å². The number of nitrogens with one attached hydrogen (secondary N) is 1. The number of aryl methyl sites for hydroxylation is 2. The third kappa shape index (κ3) is 5.38. The molecule has 2 aromatic carbocycles. The average Bonchev–Trinajstić information content (AvgIpc) is 2.67. The van der Waals surface area contributed by atoms with Gasteiger partial charge in [0.2, 0.25) is 10.0 Å². The van der Waals surface area contributed by atoms with Crippen LogP contribution in [0.15, 0.2) is 42.5 Å². The van der Waals surface area contributed by atoms with E-state index in [2.05, 4.69) is 5.32 Å².